The van der Waals surface area contributed by atoms with Gasteiger partial charge in [-0.3, -0.25) is 4.90 Å². The molecule has 3 heterocycles. The fourth-order valence-electron chi connectivity index (χ4n) is 5.31. The predicted molar refractivity (Wildman–Crippen MR) is 112 cm³/mol. The predicted octanol–water partition coefficient (Wildman–Crippen LogP) is 2.84. The second-order valence-electron chi connectivity index (χ2n) is 8.90. The molecular formula is C24H27NO6. The summed E-state index contributed by atoms with van der Waals surface area (Å²) in [4.78, 5) is 2.48. The lowest BCUT2D eigenvalue weighted by Crippen LogP contribution is -2.42. The number of fused-ring (bicyclic) bond motifs is 3. The number of hydrogen-bond acceptors (Lipinski definition) is 7. The quantitative estimate of drug-likeness (QED) is 0.808. The first kappa shape index (κ1) is 19.1. The molecule has 1 saturated carbocycles. The maximum atomic E-state index is 10.7. The van der Waals surface area contributed by atoms with Gasteiger partial charge in [-0.05, 0) is 54.5 Å². The number of aliphatic hydroxyl groups is 1. The molecule has 2 fully saturated rings. The van der Waals surface area contributed by atoms with E-state index in [1.807, 2.05) is 24.3 Å². The highest BCUT2D eigenvalue weighted by atomic mass is 16.7. The third-order valence-corrected chi connectivity index (χ3v) is 6.80. The Morgan fingerprint density at radius 3 is 2.45 bits per heavy atom. The summed E-state index contributed by atoms with van der Waals surface area (Å²) in [6, 6.07) is 11.8. The molecule has 0 unspecified atom stereocenters. The Bertz CT molecular complexity index is 965. The molecule has 1 N–H and O–H groups in total. The number of ether oxygens (including phenoxy) is 5. The van der Waals surface area contributed by atoms with Crippen LogP contribution in [0.25, 0.3) is 0 Å². The van der Waals surface area contributed by atoms with E-state index in [9.17, 15) is 5.11 Å². The molecule has 0 amide bonds. The van der Waals surface area contributed by atoms with E-state index in [1.54, 1.807) is 0 Å². The second-order valence-corrected chi connectivity index (χ2v) is 8.90. The first-order valence-corrected chi connectivity index (χ1v) is 11.1. The van der Waals surface area contributed by atoms with Crippen molar-refractivity contribution in [2.45, 2.75) is 31.6 Å². The molecule has 2 aromatic carbocycles. The van der Waals surface area contributed by atoms with Crippen molar-refractivity contribution in [1.29, 1.82) is 0 Å². The van der Waals surface area contributed by atoms with Crippen LogP contribution in [-0.2, 0) is 6.54 Å². The van der Waals surface area contributed by atoms with Gasteiger partial charge in [0.05, 0.1) is 6.10 Å². The normalized spacial score (nSPS) is 28.9. The fraction of sp³-hybridized carbons (Fsp3) is 0.500. The van der Waals surface area contributed by atoms with Crippen LogP contribution in [0.5, 0.6) is 28.7 Å². The topological polar surface area (TPSA) is 69.6 Å². The van der Waals surface area contributed by atoms with Gasteiger partial charge in [-0.2, -0.15) is 0 Å². The van der Waals surface area contributed by atoms with Gasteiger partial charge in [-0.1, -0.05) is 6.07 Å². The summed E-state index contributed by atoms with van der Waals surface area (Å²) < 4.78 is 28.3. The largest absolute Gasteiger partial charge is 0.488 e. The van der Waals surface area contributed by atoms with E-state index in [0.29, 0.717) is 30.8 Å². The second kappa shape index (κ2) is 7.80. The van der Waals surface area contributed by atoms with E-state index in [2.05, 4.69) is 17.0 Å². The summed E-state index contributed by atoms with van der Waals surface area (Å²) in [6.07, 6.45) is 0.979. The van der Waals surface area contributed by atoms with E-state index in [0.717, 1.165) is 55.5 Å². The zero-order valence-corrected chi connectivity index (χ0v) is 17.4. The Balaban J connectivity index is 1.09. The van der Waals surface area contributed by atoms with E-state index < -0.39 is 6.10 Å². The van der Waals surface area contributed by atoms with Crippen molar-refractivity contribution in [3.05, 3.63) is 42.0 Å². The molecule has 31 heavy (non-hydrogen) atoms. The van der Waals surface area contributed by atoms with Crippen molar-refractivity contribution in [3.8, 4) is 28.7 Å². The van der Waals surface area contributed by atoms with Gasteiger partial charge >= 0.3 is 0 Å². The fourth-order valence-corrected chi connectivity index (χ4v) is 5.31. The summed E-state index contributed by atoms with van der Waals surface area (Å²) in [6.45, 7) is 4.37. The van der Waals surface area contributed by atoms with Crippen LogP contribution in [0.3, 0.4) is 0 Å². The maximum Gasteiger partial charge on any atom is 0.231 e. The third-order valence-electron chi connectivity index (χ3n) is 6.80. The molecule has 0 radical (unpaired) electrons. The molecule has 164 valence electrons. The maximum absolute atomic E-state index is 10.7. The van der Waals surface area contributed by atoms with Gasteiger partial charge in [-0.15, -0.1) is 0 Å². The minimum Gasteiger partial charge on any atom is -0.488 e. The highest BCUT2D eigenvalue weighted by Crippen LogP contribution is 2.41. The van der Waals surface area contributed by atoms with Crippen LogP contribution in [-0.4, -0.2) is 55.3 Å². The molecule has 4 atom stereocenters. The van der Waals surface area contributed by atoms with Gasteiger partial charge in [0.15, 0.2) is 23.0 Å². The number of hydrogen-bond donors (Lipinski definition) is 1. The monoisotopic (exact) mass is 425 g/mol. The van der Waals surface area contributed by atoms with E-state index in [-0.39, 0.29) is 12.9 Å². The lowest BCUT2D eigenvalue weighted by atomic mass is 9.78. The Morgan fingerprint density at radius 2 is 1.55 bits per heavy atom. The van der Waals surface area contributed by atoms with Gasteiger partial charge in [-0.25, -0.2) is 0 Å². The van der Waals surface area contributed by atoms with Gasteiger partial charge < -0.3 is 28.8 Å². The number of nitrogens with zero attached hydrogens (tertiary/aromatic N) is 1. The molecule has 0 aromatic heterocycles. The van der Waals surface area contributed by atoms with Gasteiger partial charge in [0.2, 0.25) is 6.79 Å². The summed E-state index contributed by atoms with van der Waals surface area (Å²) in [5, 5.41) is 10.7. The molecule has 0 bridgehead atoms. The molecule has 7 heteroatoms. The zero-order chi connectivity index (χ0) is 20.8. The number of likely N-dealkylation sites (tertiary alicyclic amines) is 1. The van der Waals surface area contributed by atoms with Crippen LogP contribution in [0.2, 0.25) is 0 Å². The standard InChI is InChI=1S/C24H27NO6/c26-19-8-16-12-25(11-15-1-3-20-23(7-15)28-6-5-27-20)13-17(16)9-22(19)31-18-2-4-21-24(10-18)30-14-29-21/h1-4,7,10,16-17,19,22,26H,5-6,8-9,11-14H2/t16-,17+,19+,22+/m0/s1. The van der Waals surface area contributed by atoms with Crippen LogP contribution < -0.4 is 23.7 Å². The first-order chi connectivity index (χ1) is 15.2. The molecule has 1 saturated heterocycles. The third kappa shape index (κ3) is 3.77. The van der Waals surface area contributed by atoms with Crippen LogP contribution >= 0.6 is 0 Å². The van der Waals surface area contributed by atoms with Crippen molar-refractivity contribution in [1.82, 2.24) is 4.90 Å². The van der Waals surface area contributed by atoms with Gasteiger partial charge in [0.1, 0.15) is 25.1 Å². The van der Waals surface area contributed by atoms with Crippen LogP contribution in [0, 0.1) is 11.8 Å². The number of rotatable bonds is 4. The smallest absolute Gasteiger partial charge is 0.231 e. The van der Waals surface area contributed by atoms with E-state index in [4.69, 9.17) is 23.7 Å². The Hall–Kier alpha value is -2.64. The highest BCUT2D eigenvalue weighted by molar-refractivity contribution is 5.47. The highest BCUT2D eigenvalue weighted by Gasteiger charge is 2.42. The summed E-state index contributed by atoms with van der Waals surface area (Å²) >= 11 is 0. The van der Waals surface area contributed by atoms with Crippen molar-refractivity contribution >= 4 is 0 Å². The minimum atomic E-state index is -0.457. The molecule has 4 aliphatic rings. The van der Waals surface area contributed by atoms with Crippen LogP contribution in [0.1, 0.15) is 18.4 Å². The van der Waals surface area contributed by atoms with Crippen molar-refractivity contribution < 1.29 is 28.8 Å². The molecule has 6 rings (SSSR count). The Morgan fingerprint density at radius 1 is 0.839 bits per heavy atom. The lowest BCUT2D eigenvalue weighted by molar-refractivity contribution is -0.0232. The summed E-state index contributed by atoms with van der Waals surface area (Å²) in [7, 11) is 0. The molecule has 1 aliphatic carbocycles. The van der Waals surface area contributed by atoms with Crippen molar-refractivity contribution in [2.75, 3.05) is 33.1 Å². The molecule has 7 nitrogen and oxygen atoms in total. The van der Waals surface area contributed by atoms with Gasteiger partial charge in [0.25, 0.3) is 0 Å². The molecule has 2 aromatic rings. The molecule has 0 spiro atoms. The van der Waals surface area contributed by atoms with Crippen LogP contribution in [0.15, 0.2) is 36.4 Å². The average Bonchev–Trinajstić information content (AvgIpc) is 3.39. The Labute approximate surface area is 181 Å². The van der Waals surface area contributed by atoms with Gasteiger partial charge in [0, 0.05) is 25.7 Å². The Kier molecular flexibility index (Phi) is 4.80. The van der Waals surface area contributed by atoms with E-state index in [1.165, 1.54) is 5.56 Å². The number of benzene rings is 2. The van der Waals surface area contributed by atoms with Crippen LogP contribution in [0.4, 0.5) is 0 Å². The molecular weight excluding hydrogens is 398 g/mol. The first-order valence-electron chi connectivity index (χ1n) is 11.1. The number of aliphatic hydroxyl groups excluding tert-OH is 1. The summed E-state index contributed by atoms with van der Waals surface area (Å²) in [5.74, 6) is 4.86. The zero-order valence-electron chi connectivity index (χ0n) is 17.4. The lowest BCUT2D eigenvalue weighted by Gasteiger charge is -2.35. The average molecular weight is 425 g/mol. The summed E-state index contributed by atoms with van der Waals surface area (Å²) in [5.41, 5.74) is 1.23. The van der Waals surface area contributed by atoms with Crippen molar-refractivity contribution in [3.63, 3.8) is 0 Å². The van der Waals surface area contributed by atoms with Crippen molar-refractivity contribution in [2.24, 2.45) is 11.8 Å². The minimum absolute atomic E-state index is 0.198. The molecule has 3 aliphatic heterocycles. The SMILES string of the molecule is O[C@@H]1C[C@H]2CN(Cc3ccc4c(c3)OCCO4)C[C@H]2C[C@H]1Oc1ccc2c(c1)OCO2. The van der Waals surface area contributed by atoms with E-state index >= 15 is 0 Å².